The van der Waals surface area contributed by atoms with Gasteiger partial charge in [-0.25, -0.2) is 0 Å². The second-order valence-electron chi connectivity index (χ2n) is 22.0. The van der Waals surface area contributed by atoms with Crippen molar-refractivity contribution in [1.29, 1.82) is 0 Å². The Hall–Kier alpha value is -7.88. The van der Waals surface area contributed by atoms with E-state index in [-0.39, 0.29) is 17.7 Å². The summed E-state index contributed by atoms with van der Waals surface area (Å²) in [5.41, 5.74) is 14.3. The first kappa shape index (κ1) is 39.2. The Bertz CT molecular complexity index is 4430. The second-order valence-corrected chi connectivity index (χ2v) is 22.0. The topological polar surface area (TPSA) is 8.17 Å². The predicted octanol–water partition coefficient (Wildman–Crippen LogP) is 16.9. The maximum atomic E-state index is 2.75. The molecular formula is C66H49BN2. The zero-order chi connectivity index (χ0) is 46.2. The van der Waals surface area contributed by atoms with Crippen LogP contribution in [-0.2, 0) is 10.8 Å². The molecule has 2 aliphatic rings. The minimum Gasteiger partial charge on any atom is -0.375 e. The van der Waals surface area contributed by atoms with E-state index < -0.39 is 0 Å². The smallest absolute Gasteiger partial charge is 0.333 e. The van der Waals surface area contributed by atoms with Crippen LogP contribution in [0.25, 0.3) is 108 Å². The maximum absolute atomic E-state index is 2.75. The molecule has 3 heterocycles. The Balaban J connectivity index is 1.16. The third-order valence-corrected chi connectivity index (χ3v) is 16.2. The lowest BCUT2D eigenvalue weighted by atomic mass is 9.44. The normalized spacial score (nSPS) is 13.6. The third kappa shape index (κ3) is 5.23. The molecule has 2 nitrogen and oxygen atoms in total. The van der Waals surface area contributed by atoms with Crippen LogP contribution >= 0.6 is 0 Å². The Morgan fingerprint density at radius 3 is 1.43 bits per heavy atom. The average molecular weight is 881 g/mol. The molecule has 12 aromatic carbocycles. The molecule has 0 amide bonds. The zero-order valence-electron chi connectivity index (χ0n) is 39.9. The number of benzene rings is 12. The standard InChI is InChI=1S/C66H49BN2/c1-65(2,3)39-27-30-59-55(32-39)56-33-40(66(4,5)6)34-57-62-42-18-8-7-17-38(42)31-61-63(62)67(69(59)64(56)57)58-36-53-49-25-15-12-21-45(49)46-22-13-16-26-50(46)54(53)37-60(58)68(61)41-28-29-51-47-23-10-9-19-43(47)44-20-11-14-24-48(44)52(51)35-41/h7-37H,1-6H3. The lowest BCUT2D eigenvalue weighted by Crippen LogP contribution is -2.56. The lowest BCUT2D eigenvalue weighted by Gasteiger charge is -2.41. The summed E-state index contributed by atoms with van der Waals surface area (Å²) < 4.78 is 2.75. The van der Waals surface area contributed by atoms with Gasteiger partial charge in [0.2, 0.25) is 0 Å². The minimum atomic E-state index is -0.0980. The summed E-state index contributed by atoms with van der Waals surface area (Å²) >= 11 is 0. The van der Waals surface area contributed by atoms with Crippen LogP contribution in [0.15, 0.2) is 188 Å². The van der Waals surface area contributed by atoms with Gasteiger partial charge in [0.15, 0.2) is 0 Å². The Kier molecular flexibility index (Phi) is 7.62. The summed E-state index contributed by atoms with van der Waals surface area (Å²) in [5.74, 6) is 0. The number of anilines is 3. The zero-order valence-corrected chi connectivity index (χ0v) is 39.9. The van der Waals surface area contributed by atoms with Crippen LogP contribution in [0.2, 0.25) is 0 Å². The molecule has 0 unspecified atom stereocenters. The highest BCUT2D eigenvalue weighted by Crippen LogP contribution is 2.51. The van der Waals surface area contributed by atoms with Crippen LogP contribution in [0.3, 0.4) is 0 Å². The molecule has 0 saturated heterocycles. The quantitative estimate of drug-likeness (QED) is 0.118. The summed E-state index contributed by atoms with van der Waals surface area (Å²) in [6.07, 6.45) is 0. The Labute approximate surface area is 402 Å². The minimum absolute atomic E-state index is 0.00223. The highest BCUT2D eigenvalue weighted by atomic mass is 15.2. The largest absolute Gasteiger partial charge is 0.375 e. The molecule has 0 saturated carbocycles. The van der Waals surface area contributed by atoms with Gasteiger partial charge in [0.1, 0.15) is 0 Å². The van der Waals surface area contributed by atoms with Crippen LogP contribution in [0.5, 0.6) is 0 Å². The molecule has 15 rings (SSSR count). The van der Waals surface area contributed by atoms with E-state index in [1.54, 1.807) is 0 Å². The molecule has 0 aliphatic carbocycles. The van der Waals surface area contributed by atoms with E-state index in [9.17, 15) is 0 Å². The Morgan fingerprint density at radius 1 is 0.362 bits per heavy atom. The molecule has 1 aromatic heterocycles. The number of rotatable bonds is 1. The lowest BCUT2D eigenvalue weighted by molar-refractivity contribution is 0.590. The van der Waals surface area contributed by atoms with Crippen molar-refractivity contribution in [3.05, 3.63) is 199 Å². The molecule has 326 valence electrons. The molecule has 0 atom stereocenters. The van der Waals surface area contributed by atoms with Gasteiger partial charge >= 0.3 is 6.85 Å². The number of aromatic nitrogens is 1. The van der Waals surface area contributed by atoms with Crippen LogP contribution in [0.4, 0.5) is 17.1 Å². The maximum Gasteiger partial charge on any atom is 0.333 e. The van der Waals surface area contributed by atoms with Gasteiger partial charge in [-0.05, 0) is 162 Å². The van der Waals surface area contributed by atoms with Crippen LogP contribution in [0.1, 0.15) is 52.7 Å². The van der Waals surface area contributed by atoms with Gasteiger partial charge in [0.05, 0.1) is 0 Å². The fourth-order valence-corrected chi connectivity index (χ4v) is 12.9. The Morgan fingerprint density at radius 2 is 0.855 bits per heavy atom. The van der Waals surface area contributed by atoms with Gasteiger partial charge in [-0.3, -0.25) is 0 Å². The summed E-state index contributed by atoms with van der Waals surface area (Å²) in [4.78, 5) is 2.64. The van der Waals surface area contributed by atoms with Gasteiger partial charge < -0.3 is 9.38 Å². The fraction of sp³-hybridized carbons (Fsp3) is 0.121. The summed E-state index contributed by atoms with van der Waals surface area (Å²) in [6, 6.07) is 72.5. The van der Waals surface area contributed by atoms with E-state index in [0.717, 1.165) is 5.69 Å². The van der Waals surface area contributed by atoms with E-state index in [1.807, 2.05) is 0 Å². The molecule has 0 N–H and O–H groups in total. The molecule has 69 heavy (non-hydrogen) atoms. The van der Waals surface area contributed by atoms with Crippen molar-refractivity contribution >= 4 is 132 Å². The van der Waals surface area contributed by atoms with Crippen molar-refractivity contribution in [3.63, 3.8) is 0 Å². The van der Waals surface area contributed by atoms with Crippen molar-refractivity contribution in [3.8, 4) is 11.1 Å². The van der Waals surface area contributed by atoms with Crippen LogP contribution in [-0.4, -0.2) is 11.3 Å². The highest BCUT2D eigenvalue weighted by Gasteiger charge is 2.44. The van der Waals surface area contributed by atoms with Gasteiger partial charge in [-0.2, -0.15) is 0 Å². The van der Waals surface area contributed by atoms with E-state index in [4.69, 9.17) is 0 Å². The second kappa shape index (κ2) is 13.4. The van der Waals surface area contributed by atoms with Crippen LogP contribution < -0.4 is 15.8 Å². The molecule has 13 aromatic rings. The summed E-state index contributed by atoms with van der Waals surface area (Å²) in [5, 5.41) is 20.6. The van der Waals surface area contributed by atoms with Crippen molar-refractivity contribution < 1.29 is 0 Å². The number of hydrogen-bond donors (Lipinski definition) is 0. The van der Waals surface area contributed by atoms with Crippen molar-refractivity contribution in [2.45, 2.75) is 52.4 Å². The van der Waals surface area contributed by atoms with Gasteiger partial charge in [-0.15, -0.1) is 0 Å². The molecule has 2 aliphatic heterocycles. The van der Waals surface area contributed by atoms with E-state index in [2.05, 4.69) is 239 Å². The van der Waals surface area contributed by atoms with E-state index in [1.165, 1.54) is 142 Å². The molecule has 0 spiro atoms. The first-order chi connectivity index (χ1) is 33.5. The SMILES string of the molecule is CC(C)(C)c1ccc2c(c1)c1cc(C(C)(C)C)cc3c1n2B1c2cc4c5ccccc5c5ccccc5c4cc2N(c2ccc4c5ccccc5c5ccccc5c4c2)c2cc4ccccc4c-3c21. The van der Waals surface area contributed by atoms with E-state index in [0.29, 0.717) is 0 Å². The molecular weight excluding hydrogens is 832 g/mol. The van der Waals surface area contributed by atoms with Crippen LogP contribution in [0, 0.1) is 0 Å². The first-order valence-corrected chi connectivity index (χ1v) is 24.7. The highest BCUT2D eigenvalue weighted by molar-refractivity contribution is 6.90. The third-order valence-electron chi connectivity index (χ3n) is 16.2. The number of fused-ring (bicyclic) bond motifs is 21. The van der Waals surface area contributed by atoms with Crippen molar-refractivity contribution in [1.82, 2.24) is 4.48 Å². The molecule has 3 heteroatoms. The van der Waals surface area contributed by atoms with Crippen molar-refractivity contribution in [2.24, 2.45) is 0 Å². The van der Waals surface area contributed by atoms with Crippen molar-refractivity contribution in [2.75, 3.05) is 4.90 Å². The first-order valence-electron chi connectivity index (χ1n) is 24.7. The summed E-state index contributed by atoms with van der Waals surface area (Å²) in [6.45, 7) is 14.0. The van der Waals surface area contributed by atoms with E-state index >= 15 is 0 Å². The van der Waals surface area contributed by atoms with Gasteiger partial charge in [-0.1, -0.05) is 181 Å². The number of hydrogen-bond acceptors (Lipinski definition) is 1. The molecule has 0 bridgehead atoms. The van der Waals surface area contributed by atoms with Gasteiger partial charge in [0, 0.05) is 44.4 Å². The van der Waals surface area contributed by atoms with Gasteiger partial charge in [0.25, 0.3) is 0 Å². The average Bonchev–Trinajstić information content (AvgIpc) is 3.70. The monoisotopic (exact) mass is 880 g/mol. The molecule has 0 radical (unpaired) electrons. The summed E-state index contributed by atoms with van der Waals surface area (Å²) in [7, 11) is 0. The fourth-order valence-electron chi connectivity index (χ4n) is 12.9. The number of nitrogens with zero attached hydrogens (tertiary/aromatic N) is 2. The predicted molar refractivity (Wildman–Crippen MR) is 300 cm³/mol. The molecule has 0 fully saturated rings.